The van der Waals surface area contributed by atoms with E-state index < -0.39 is 0 Å². The molecule has 3 nitrogen and oxygen atoms in total. The summed E-state index contributed by atoms with van der Waals surface area (Å²) >= 11 is 1.63. The second kappa shape index (κ2) is 6.46. The van der Waals surface area contributed by atoms with Crippen LogP contribution in [0.15, 0.2) is 41.9 Å². The molecule has 2 heterocycles. The molecule has 0 saturated carbocycles. The Balaban J connectivity index is 1.82. The van der Waals surface area contributed by atoms with Crippen LogP contribution in [0.4, 0.5) is 0 Å². The molecule has 0 amide bonds. The quantitative estimate of drug-likeness (QED) is 0.665. The van der Waals surface area contributed by atoms with E-state index in [1.807, 2.05) is 17.5 Å². The van der Waals surface area contributed by atoms with E-state index in [9.17, 15) is 0 Å². The Bertz CT molecular complexity index is 769. The van der Waals surface area contributed by atoms with E-state index >= 15 is 0 Å². The van der Waals surface area contributed by atoms with Gasteiger partial charge in [-0.1, -0.05) is 12.1 Å². The lowest BCUT2D eigenvalue weighted by Crippen LogP contribution is -2.14. The van der Waals surface area contributed by atoms with Crippen LogP contribution in [-0.2, 0) is 12.8 Å². The molecule has 0 saturated heterocycles. The number of hydrogen-bond acceptors (Lipinski definition) is 3. The Kier molecular flexibility index (Phi) is 4.41. The van der Waals surface area contributed by atoms with Crippen molar-refractivity contribution in [2.24, 2.45) is 0 Å². The van der Waals surface area contributed by atoms with E-state index in [4.69, 9.17) is 5.41 Å². The summed E-state index contributed by atoms with van der Waals surface area (Å²) in [5.74, 6) is 0. The van der Waals surface area contributed by atoms with Crippen LogP contribution in [0.3, 0.4) is 0 Å². The Labute approximate surface area is 135 Å². The summed E-state index contributed by atoms with van der Waals surface area (Å²) in [6, 6.07) is 10.5. The SMILES string of the molecule is CN(C)CCc1c[nH]c2ccc(CC(=N)c3cccs3)cc12. The summed E-state index contributed by atoms with van der Waals surface area (Å²) < 4.78 is 0. The summed E-state index contributed by atoms with van der Waals surface area (Å²) in [4.78, 5) is 6.61. The first kappa shape index (κ1) is 15.0. The van der Waals surface area contributed by atoms with Crippen LogP contribution >= 0.6 is 11.3 Å². The summed E-state index contributed by atoms with van der Waals surface area (Å²) in [6.45, 7) is 1.04. The number of nitrogens with zero attached hydrogens (tertiary/aromatic N) is 1. The molecule has 2 N–H and O–H groups in total. The summed E-state index contributed by atoms with van der Waals surface area (Å²) in [5, 5.41) is 11.6. The standard InChI is InChI=1S/C18H21N3S/c1-21(2)8-7-14-12-20-17-6-5-13(10-15(14)17)11-16(19)18-4-3-9-22-18/h3-6,9-10,12,19-20H,7-8,11H2,1-2H3. The molecule has 0 aliphatic heterocycles. The molecule has 0 radical (unpaired) electrons. The maximum atomic E-state index is 8.24. The van der Waals surface area contributed by atoms with Crippen LogP contribution in [0.5, 0.6) is 0 Å². The highest BCUT2D eigenvalue weighted by Crippen LogP contribution is 2.22. The highest BCUT2D eigenvalue weighted by atomic mass is 32.1. The van der Waals surface area contributed by atoms with Crippen LogP contribution in [0.25, 0.3) is 10.9 Å². The largest absolute Gasteiger partial charge is 0.361 e. The number of fused-ring (bicyclic) bond motifs is 1. The average Bonchev–Trinajstić information content (AvgIpc) is 3.14. The van der Waals surface area contributed by atoms with Gasteiger partial charge >= 0.3 is 0 Å². The van der Waals surface area contributed by atoms with Crippen LogP contribution in [0.1, 0.15) is 16.0 Å². The number of aromatic nitrogens is 1. The lowest BCUT2D eigenvalue weighted by atomic mass is 10.0. The first-order valence-electron chi connectivity index (χ1n) is 7.48. The van der Waals surface area contributed by atoms with Crippen molar-refractivity contribution >= 4 is 28.0 Å². The predicted octanol–water partition coefficient (Wildman–Crippen LogP) is 3.94. The molecule has 0 aliphatic carbocycles. The molecule has 114 valence electrons. The number of benzene rings is 1. The number of thiophene rings is 1. The first-order valence-corrected chi connectivity index (χ1v) is 8.36. The van der Waals surface area contributed by atoms with Crippen molar-refractivity contribution in [2.45, 2.75) is 12.8 Å². The zero-order valence-electron chi connectivity index (χ0n) is 13.0. The Morgan fingerprint density at radius 1 is 1.27 bits per heavy atom. The van der Waals surface area contributed by atoms with Crippen LogP contribution in [0.2, 0.25) is 0 Å². The number of likely N-dealkylation sites (N-methyl/N-ethyl adjacent to an activating group) is 1. The van der Waals surface area contributed by atoms with E-state index in [2.05, 4.69) is 48.4 Å². The van der Waals surface area contributed by atoms with E-state index in [1.165, 1.54) is 22.0 Å². The number of hydrogen-bond donors (Lipinski definition) is 2. The van der Waals surface area contributed by atoms with Crippen LogP contribution in [0, 0.1) is 5.41 Å². The van der Waals surface area contributed by atoms with Crippen molar-refractivity contribution in [1.82, 2.24) is 9.88 Å². The van der Waals surface area contributed by atoms with E-state index in [1.54, 1.807) is 11.3 Å². The maximum absolute atomic E-state index is 8.24. The van der Waals surface area contributed by atoms with Gasteiger partial charge < -0.3 is 15.3 Å². The summed E-state index contributed by atoms with van der Waals surface area (Å²) in [6.07, 6.45) is 3.84. The van der Waals surface area contributed by atoms with Gasteiger partial charge in [0.15, 0.2) is 0 Å². The van der Waals surface area contributed by atoms with Gasteiger partial charge in [0.25, 0.3) is 0 Å². The third-order valence-electron chi connectivity index (χ3n) is 3.86. The fraction of sp³-hybridized carbons (Fsp3) is 0.278. The zero-order valence-corrected chi connectivity index (χ0v) is 13.8. The van der Waals surface area contributed by atoms with Gasteiger partial charge in [-0.25, -0.2) is 0 Å². The molecule has 0 unspecified atom stereocenters. The van der Waals surface area contributed by atoms with Gasteiger partial charge in [-0.05, 0) is 55.2 Å². The molecule has 22 heavy (non-hydrogen) atoms. The molecule has 0 fully saturated rings. The van der Waals surface area contributed by atoms with Crippen LogP contribution in [-0.4, -0.2) is 36.2 Å². The minimum Gasteiger partial charge on any atom is -0.361 e. The smallest absolute Gasteiger partial charge is 0.0529 e. The normalized spacial score (nSPS) is 11.4. The molecule has 3 rings (SSSR count). The lowest BCUT2D eigenvalue weighted by molar-refractivity contribution is 0.414. The maximum Gasteiger partial charge on any atom is 0.0529 e. The third-order valence-corrected chi connectivity index (χ3v) is 4.79. The number of aromatic amines is 1. The second-order valence-corrected chi connectivity index (χ2v) is 6.83. The van der Waals surface area contributed by atoms with Gasteiger partial charge in [-0.3, -0.25) is 0 Å². The second-order valence-electron chi connectivity index (χ2n) is 5.88. The Morgan fingerprint density at radius 3 is 2.86 bits per heavy atom. The molecule has 2 aromatic heterocycles. The topological polar surface area (TPSA) is 42.9 Å². The van der Waals surface area contributed by atoms with Crippen molar-refractivity contribution in [2.75, 3.05) is 20.6 Å². The Morgan fingerprint density at radius 2 is 2.14 bits per heavy atom. The zero-order chi connectivity index (χ0) is 15.5. The third kappa shape index (κ3) is 3.29. The van der Waals surface area contributed by atoms with Gasteiger partial charge in [-0.15, -0.1) is 11.3 Å². The van der Waals surface area contributed by atoms with Crippen molar-refractivity contribution in [3.05, 3.63) is 57.9 Å². The fourth-order valence-corrected chi connectivity index (χ4v) is 3.30. The molecule has 1 aromatic carbocycles. The van der Waals surface area contributed by atoms with Gasteiger partial charge in [0, 0.05) is 34.9 Å². The van der Waals surface area contributed by atoms with E-state index in [0.29, 0.717) is 12.1 Å². The molecule has 4 heteroatoms. The molecule has 0 aliphatic rings. The van der Waals surface area contributed by atoms with Crippen molar-refractivity contribution in [3.63, 3.8) is 0 Å². The van der Waals surface area contributed by atoms with Crippen molar-refractivity contribution < 1.29 is 0 Å². The number of rotatable bonds is 6. The van der Waals surface area contributed by atoms with Gasteiger partial charge in [0.1, 0.15) is 0 Å². The van der Waals surface area contributed by atoms with E-state index in [0.717, 1.165) is 17.8 Å². The fourth-order valence-electron chi connectivity index (χ4n) is 2.63. The molecule has 0 atom stereocenters. The molecule has 0 spiro atoms. The van der Waals surface area contributed by atoms with Gasteiger partial charge in [0.05, 0.1) is 5.71 Å². The monoisotopic (exact) mass is 311 g/mol. The highest BCUT2D eigenvalue weighted by Gasteiger charge is 2.08. The summed E-state index contributed by atoms with van der Waals surface area (Å²) in [7, 11) is 4.20. The molecular formula is C18H21N3S. The van der Waals surface area contributed by atoms with Gasteiger partial charge in [0.2, 0.25) is 0 Å². The number of nitrogens with one attached hydrogen (secondary N) is 2. The van der Waals surface area contributed by atoms with Crippen molar-refractivity contribution in [1.29, 1.82) is 5.41 Å². The van der Waals surface area contributed by atoms with Crippen LogP contribution < -0.4 is 0 Å². The lowest BCUT2D eigenvalue weighted by Gasteiger charge is -2.08. The van der Waals surface area contributed by atoms with Crippen molar-refractivity contribution in [3.8, 4) is 0 Å². The Hall–Kier alpha value is -1.91. The first-order chi connectivity index (χ1) is 10.6. The van der Waals surface area contributed by atoms with Gasteiger partial charge in [-0.2, -0.15) is 0 Å². The number of H-pyrrole nitrogens is 1. The molecule has 0 bridgehead atoms. The van der Waals surface area contributed by atoms with E-state index in [-0.39, 0.29) is 0 Å². The summed E-state index contributed by atoms with van der Waals surface area (Å²) in [5.41, 5.74) is 4.43. The molecular weight excluding hydrogens is 290 g/mol. The highest BCUT2D eigenvalue weighted by molar-refractivity contribution is 7.12. The molecule has 3 aromatic rings. The minimum absolute atomic E-state index is 0.689. The average molecular weight is 311 g/mol. The minimum atomic E-state index is 0.689. The predicted molar refractivity (Wildman–Crippen MR) is 95.4 cm³/mol.